The van der Waals surface area contributed by atoms with Gasteiger partial charge in [0.25, 0.3) is 5.91 Å². The van der Waals surface area contributed by atoms with Crippen LogP contribution in [0.5, 0.6) is 11.5 Å². The molecule has 29 heavy (non-hydrogen) atoms. The van der Waals surface area contributed by atoms with Crippen molar-refractivity contribution >= 4 is 11.9 Å². The largest absolute Gasteiger partial charge is 0.493 e. The molecule has 2 aromatic rings. The van der Waals surface area contributed by atoms with Crippen molar-refractivity contribution in [3.63, 3.8) is 0 Å². The summed E-state index contributed by atoms with van der Waals surface area (Å²) in [6.45, 7) is 1.41. The summed E-state index contributed by atoms with van der Waals surface area (Å²) >= 11 is 0. The van der Waals surface area contributed by atoms with Crippen LogP contribution in [0.1, 0.15) is 48.0 Å². The Morgan fingerprint density at radius 2 is 1.90 bits per heavy atom. The van der Waals surface area contributed by atoms with Crippen molar-refractivity contribution < 1.29 is 23.8 Å². The Morgan fingerprint density at radius 1 is 1.10 bits per heavy atom. The highest BCUT2D eigenvalue weighted by Crippen LogP contribution is 2.38. The van der Waals surface area contributed by atoms with Crippen molar-refractivity contribution in [3.8, 4) is 11.5 Å². The van der Waals surface area contributed by atoms with E-state index in [0.717, 1.165) is 18.4 Å². The molecule has 1 aromatic heterocycles. The van der Waals surface area contributed by atoms with E-state index in [1.54, 1.807) is 32.5 Å². The number of pyridine rings is 1. The topological polar surface area (TPSA) is 86.8 Å². The molecular weight excluding hydrogens is 372 g/mol. The molecule has 1 aromatic carbocycles. The number of carbonyl (C=O) groups excluding carboxylic acids is 2. The van der Waals surface area contributed by atoms with Crippen LogP contribution in [-0.2, 0) is 9.53 Å². The number of hydrogen-bond acceptors (Lipinski definition) is 6. The molecule has 1 aliphatic carbocycles. The Kier molecular flexibility index (Phi) is 6.69. The van der Waals surface area contributed by atoms with E-state index in [2.05, 4.69) is 10.3 Å². The molecule has 7 nitrogen and oxygen atoms in total. The highest BCUT2D eigenvalue weighted by atomic mass is 16.5. The molecule has 0 saturated heterocycles. The molecule has 0 spiro atoms. The number of methoxy groups -OCH3 is 2. The summed E-state index contributed by atoms with van der Waals surface area (Å²) in [5.74, 6) is 0.849. The molecule has 1 N–H and O–H groups in total. The van der Waals surface area contributed by atoms with Gasteiger partial charge in [-0.05, 0) is 42.7 Å². The lowest BCUT2D eigenvalue weighted by atomic mass is 9.78. The van der Waals surface area contributed by atoms with Crippen LogP contribution in [0.25, 0.3) is 0 Å². The lowest BCUT2D eigenvalue weighted by Crippen LogP contribution is -2.45. The van der Waals surface area contributed by atoms with Crippen molar-refractivity contribution in [2.24, 2.45) is 0 Å². The third-order valence-corrected chi connectivity index (χ3v) is 5.21. The first-order valence-electron chi connectivity index (χ1n) is 9.61. The van der Waals surface area contributed by atoms with Crippen LogP contribution in [0.3, 0.4) is 0 Å². The predicted molar refractivity (Wildman–Crippen MR) is 107 cm³/mol. The molecule has 1 heterocycles. The average molecular weight is 398 g/mol. The monoisotopic (exact) mass is 398 g/mol. The number of nitrogens with zero attached hydrogens (tertiary/aromatic N) is 1. The van der Waals surface area contributed by atoms with E-state index in [1.807, 2.05) is 18.2 Å². The Bertz CT molecular complexity index is 856. The number of rotatable bonds is 6. The van der Waals surface area contributed by atoms with E-state index in [1.165, 1.54) is 13.1 Å². The summed E-state index contributed by atoms with van der Waals surface area (Å²) in [5.41, 5.74) is 1.54. The number of hydrogen-bond donors (Lipinski definition) is 1. The molecule has 3 unspecified atom stereocenters. The van der Waals surface area contributed by atoms with Crippen LogP contribution in [-0.4, -0.2) is 43.2 Å². The Labute approximate surface area is 170 Å². The Balaban J connectivity index is 1.85. The third-order valence-electron chi connectivity index (χ3n) is 5.21. The molecular formula is C22H26N2O5. The zero-order valence-corrected chi connectivity index (χ0v) is 16.9. The van der Waals surface area contributed by atoms with Gasteiger partial charge < -0.3 is 19.5 Å². The van der Waals surface area contributed by atoms with Crippen molar-refractivity contribution in [2.75, 3.05) is 14.2 Å². The highest BCUT2D eigenvalue weighted by molar-refractivity contribution is 5.94. The summed E-state index contributed by atoms with van der Waals surface area (Å²) < 4.78 is 16.2. The minimum absolute atomic E-state index is 0.0576. The quantitative estimate of drug-likeness (QED) is 0.753. The van der Waals surface area contributed by atoms with E-state index in [0.29, 0.717) is 23.5 Å². The maximum Gasteiger partial charge on any atom is 0.302 e. The standard InChI is InChI=1S/C22H26N2O5/c1-14(25)29-17-7-8-18(15-6-9-20(27-2)21(11-15)28-3)19(12-17)24-22(26)16-5-4-10-23-13-16/h4-6,9-11,13,17-19H,7-8,12H2,1-3H3,(H,24,26). The van der Waals surface area contributed by atoms with Crippen molar-refractivity contribution in [3.05, 3.63) is 53.9 Å². The zero-order valence-electron chi connectivity index (χ0n) is 16.9. The van der Waals surface area contributed by atoms with Gasteiger partial charge in [0.2, 0.25) is 0 Å². The average Bonchev–Trinajstić information content (AvgIpc) is 2.73. The van der Waals surface area contributed by atoms with E-state index in [-0.39, 0.29) is 29.9 Å². The lowest BCUT2D eigenvalue weighted by Gasteiger charge is -2.36. The second-order valence-corrected chi connectivity index (χ2v) is 7.09. The number of carbonyl (C=O) groups is 2. The normalized spacial score (nSPS) is 21.1. The van der Waals surface area contributed by atoms with Crippen molar-refractivity contribution in [1.82, 2.24) is 10.3 Å². The molecule has 0 bridgehead atoms. The minimum Gasteiger partial charge on any atom is -0.493 e. The molecule has 0 aliphatic heterocycles. The number of aromatic nitrogens is 1. The Hall–Kier alpha value is -3.09. The van der Waals surface area contributed by atoms with Gasteiger partial charge >= 0.3 is 5.97 Å². The maximum absolute atomic E-state index is 12.7. The van der Waals surface area contributed by atoms with Gasteiger partial charge in [-0.2, -0.15) is 0 Å². The molecule has 154 valence electrons. The highest BCUT2D eigenvalue weighted by Gasteiger charge is 2.34. The fourth-order valence-electron chi connectivity index (χ4n) is 3.86. The predicted octanol–water partition coefficient (Wildman–Crippen LogP) is 3.10. The van der Waals surface area contributed by atoms with Gasteiger partial charge in [0, 0.05) is 37.7 Å². The fraction of sp³-hybridized carbons (Fsp3) is 0.409. The lowest BCUT2D eigenvalue weighted by molar-refractivity contribution is -0.148. The minimum atomic E-state index is -0.308. The van der Waals surface area contributed by atoms with Crippen LogP contribution in [0.2, 0.25) is 0 Å². The molecule has 1 aliphatic rings. The van der Waals surface area contributed by atoms with Crippen LogP contribution in [0.4, 0.5) is 0 Å². The molecule has 7 heteroatoms. The maximum atomic E-state index is 12.7. The molecule has 1 amide bonds. The van der Waals surface area contributed by atoms with Gasteiger partial charge in [0.15, 0.2) is 11.5 Å². The second-order valence-electron chi connectivity index (χ2n) is 7.09. The van der Waals surface area contributed by atoms with E-state index in [9.17, 15) is 9.59 Å². The van der Waals surface area contributed by atoms with Crippen LogP contribution in [0, 0.1) is 0 Å². The number of esters is 1. The number of amides is 1. The van der Waals surface area contributed by atoms with Crippen LogP contribution >= 0.6 is 0 Å². The first-order chi connectivity index (χ1) is 14.0. The van der Waals surface area contributed by atoms with Crippen LogP contribution < -0.4 is 14.8 Å². The zero-order chi connectivity index (χ0) is 20.8. The molecule has 1 saturated carbocycles. The van der Waals surface area contributed by atoms with Crippen molar-refractivity contribution in [2.45, 2.75) is 44.2 Å². The summed E-state index contributed by atoms with van der Waals surface area (Å²) in [6, 6.07) is 9.05. The van der Waals surface area contributed by atoms with Gasteiger partial charge in [-0.25, -0.2) is 0 Å². The van der Waals surface area contributed by atoms with Gasteiger partial charge in [-0.1, -0.05) is 6.07 Å². The van der Waals surface area contributed by atoms with Gasteiger partial charge in [-0.3, -0.25) is 14.6 Å². The smallest absolute Gasteiger partial charge is 0.302 e. The molecule has 3 atom stereocenters. The molecule has 0 radical (unpaired) electrons. The molecule has 3 rings (SSSR count). The fourth-order valence-corrected chi connectivity index (χ4v) is 3.86. The number of ether oxygens (including phenoxy) is 3. The third kappa shape index (κ3) is 5.04. The number of nitrogens with one attached hydrogen (secondary N) is 1. The van der Waals surface area contributed by atoms with Gasteiger partial charge in [-0.15, -0.1) is 0 Å². The number of benzene rings is 1. The SMILES string of the molecule is COc1ccc(C2CCC(OC(C)=O)CC2NC(=O)c2cccnc2)cc1OC. The van der Waals surface area contributed by atoms with Gasteiger partial charge in [0.1, 0.15) is 6.10 Å². The Morgan fingerprint density at radius 3 is 2.55 bits per heavy atom. The van der Waals surface area contributed by atoms with E-state index >= 15 is 0 Å². The summed E-state index contributed by atoms with van der Waals surface area (Å²) in [6.07, 6.45) is 4.99. The van der Waals surface area contributed by atoms with E-state index in [4.69, 9.17) is 14.2 Å². The first-order valence-corrected chi connectivity index (χ1v) is 9.61. The van der Waals surface area contributed by atoms with Crippen LogP contribution in [0.15, 0.2) is 42.7 Å². The second kappa shape index (κ2) is 9.41. The van der Waals surface area contributed by atoms with Crippen molar-refractivity contribution in [1.29, 1.82) is 0 Å². The molecule has 1 fully saturated rings. The summed E-state index contributed by atoms with van der Waals surface area (Å²) in [5, 5.41) is 3.11. The first kappa shape index (κ1) is 20.6. The summed E-state index contributed by atoms with van der Waals surface area (Å²) in [7, 11) is 3.19. The summed E-state index contributed by atoms with van der Waals surface area (Å²) in [4.78, 5) is 28.2. The van der Waals surface area contributed by atoms with Gasteiger partial charge in [0.05, 0.1) is 19.8 Å². The van der Waals surface area contributed by atoms with E-state index < -0.39 is 0 Å².